The third kappa shape index (κ3) is 2.83. The Morgan fingerprint density at radius 3 is 1.36 bits per heavy atom. The monoisotopic (exact) mass is 291 g/mol. The van der Waals surface area contributed by atoms with Crippen molar-refractivity contribution in [3.63, 3.8) is 0 Å². The molecule has 0 aliphatic heterocycles. The molecule has 4 rings (SSSR count). The molecule has 0 nitrogen and oxygen atoms in total. The van der Waals surface area contributed by atoms with Crippen LogP contribution >= 0.6 is 0 Å². The van der Waals surface area contributed by atoms with Crippen LogP contribution in [-0.4, -0.2) is 29.6 Å². The Morgan fingerprint density at radius 1 is 0.455 bits per heavy atom. The molecule has 0 saturated heterocycles. The molecule has 0 amide bonds. The van der Waals surface area contributed by atoms with Gasteiger partial charge in [-0.05, 0) is 39.1 Å². The summed E-state index contributed by atoms with van der Waals surface area (Å²) >= 11 is 0. The third-order valence-electron chi connectivity index (χ3n) is 4.14. The molecule has 22 heavy (non-hydrogen) atoms. The molecule has 1 radical (unpaired) electrons. The number of hydrogen-bond donors (Lipinski definition) is 0. The van der Waals surface area contributed by atoms with E-state index in [4.69, 9.17) is 0 Å². The molecule has 0 saturated carbocycles. The molecular weight excluding hydrogens is 275 g/mol. The molecular formula is C21H16Na. The molecule has 0 spiro atoms. The van der Waals surface area contributed by atoms with Crippen molar-refractivity contribution in [3.8, 4) is 0 Å². The molecule has 0 bridgehead atoms. The van der Waals surface area contributed by atoms with Gasteiger partial charge in [0.05, 0.1) is 0 Å². The summed E-state index contributed by atoms with van der Waals surface area (Å²) < 4.78 is 0. The maximum Gasteiger partial charge on any atom is 0 e. The van der Waals surface area contributed by atoms with Crippen LogP contribution in [0.1, 0.15) is 11.1 Å². The number of rotatable bonds is 2. The maximum absolute atomic E-state index is 2.24. The molecule has 0 aliphatic rings. The maximum atomic E-state index is 2.24. The SMILES string of the molecule is [Na].c1ccc2c(Cc3cccc4ccccc34)cccc2c1. The van der Waals surface area contributed by atoms with Crippen molar-refractivity contribution in [2.75, 3.05) is 0 Å². The van der Waals surface area contributed by atoms with Gasteiger partial charge in [-0.2, -0.15) is 0 Å². The van der Waals surface area contributed by atoms with Crippen molar-refractivity contribution in [3.05, 3.63) is 96.1 Å². The molecule has 0 heterocycles. The van der Waals surface area contributed by atoms with Crippen molar-refractivity contribution in [2.24, 2.45) is 0 Å². The van der Waals surface area contributed by atoms with E-state index in [1.165, 1.54) is 32.7 Å². The molecule has 4 aromatic carbocycles. The summed E-state index contributed by atoms with van der Waals surface area (Å²) in [6.45, 7) is 0. The molecule has 0 fully saturated rings. The molecule has 1 heteroatoms. The predicted octanol–water partition coefficient (Wildman–Crippen LogP) is 5.20. The minimum atomic E-state index is 0. The van der Waals surface area contributed by atoms with Crippen molar-refractivity contribution in [1.29, 1.82) is 0 Å². The van der Waals surface area contributed by atoms with Gasteiger partial charge in [-0.1, -0.05) is 84.9 Å². The molecule has 0 atom stereocenters. The molecule has 101 valence electrons. The van der Waals surface area contributed by atoms with Gasteiger partial charge in [-0.15, -0.1) is 0 Å². The van der Waals surface area contributed by atoms with Gasteiger partial charge in [0, 0.05) is 29.6 Å². The zero-order valence-corrected chi connectivity index (χ0v) is 14.8. The van der Waals surface area contributed by atoms with E-state index in [2.05, 4.69) is 84.9 Å². The zero-order chi connectivity index (χ0) is 14.1. The van der Waals surface area contributed by atoms with Gasteiger partial charge in [-0.25, -0.2) is 0 Å². The Balaban J connectivity index is 0.00000144. The number of benzene rings is 4. The van der Waals surface area contributed by atoms with Gasteiger partial charge in [0.1, 0.15) is 0 Å². The van der Waals surface area contributed by atoms with Crippen LogP contribution in [0.5, 0.6) is 0 Å². The second-order valence-corrected chi connectivity index (χ2v) is 5.45. The van der Waals surface area contributed by atoms with Crippen LogP contribution in [0, 0.1) is 0 Å². The standard InChI is InChI=1S/C21H16.Na/c1-3-13-20-16(7-1)9-5-11-18(20)15-19-12-6-10-17-8-2-4-14-21(17)19;/h1-14H,15H2;. The Morgan fingerprint density at radius 2 is 0.864 bits per heavy atom. The van der Waals surface area contributed by atoms with Crippen LogP contribution in [0.15, 0.2) is 84.9 Å². The predicted molar refractivity (Wildman–Crippen MR) is 96.5 cm³/mol. The summed E-state index contributed by atoms with van der Waals surface area (Å²) in [7, 11) is 0. The van der Waals surface area contributed by atoms with Gasteiger partial charge in [-0.3, -0.25) is 0 Å². The van der Waals surface area contributed by atoms with E-state index >= 15 is 0 Å². The smallest absolute Gasteiger partial charge is 0 e. The van der Waals surface area contributed by atoms with Crippen LogP contribution < -0.4 is 0 Å². The van der Waals surface area contributed by atoms with Gasteiger partial charge in [0.15, 0.2) is 0 Å². The third-order valence-corrected chi connectivity index (χ3v) is 4.14. The van der Waals surface area contributed by atoms with Crippen LogP contribution in [0.3, 0.4) is 0 Å². The largest absolute Gasteiger partial charge is 0.0616 e. The zero-order valence-electron chi connectivity index (χ0n) is 12.8. The summed E-state index contributed by atoms with van der Waals surface area (Å²) in [4.78, 5) is 0. The van der Waals surface area contributed by atoms with Crippen molar-refractivity contribution >= 4 is 51.1 Å². The van der Waals surface area contributed by atoms with Crippen molar-refractivity contribution < 1.29 is 0 Å². The molecule has 0 N–H and O–H groups in total. The topological polar surface area (TPSA) is 0 Å². The number of hydrogen-bond acceptors (Lipinski definition) is 0. The van der Waals surface area contributed by atoms with E-state index in [0.717, 1.165) is 6.42 Å². The Bertz CT molecular complexity index is 837. The minimum absolute atomic E-state index is 0. The summed E-state index contributed by atoms with van der Waals surface area (Å²) in [6.07, 6.45) is 0.975. The average molecular weight is 291 g/mol. The second kappa shape index (κ2) is 6.66. The molecule has 0 aromatic heterocycles. The van der Waals surface area contributed by atoms with Crippen LogP contribution in [0.2, 0.25) is 0 Å². The quantitative estimate of drug-likeness (QED) is 0.445. The summed E-state index contributed by atoms with van der Waals surface area (Å²) in [5.41, 5.74) is 2.79. The number of fused-ring (bicyclic) bond motifs is 2. The van der Waals surface area contributed by atoms with E-state index < -0.39 is 0 Å². The second-order valence-electron chi connectivity index (χ2n) is 5.45. The van der Waals surface area contributed by atoms with Crippen LogP contribution in [0.4, 0.5) is 0 Å². The normalized spacial score (nSPS) is 10.5. The Kier molecular flexibility index (Phi) is 4.63. The fourth-order valence-electron chi connectivity index (χ4n) is 3.10. The first-order chi connectivity index (χ1) is 10.4. The van der Waals surface area contributed by atoms with Crippen LogP contribution in [-0.2, 0) is 6.42 Å². The Hall–Kier alpha value is -1.60. The fourth-order valence-corrected chi connectivity index (χ4v) is 3.10. The fraction of sp³-hybridized carbons (Fsp3) is 0.0476. The van der Waals surface area contributed by atoms with Crippen molar-refractivity contribution in [1.82, 2.24) is 0 Å². The van der Waals surface area contributed by atoms with E-state index in [1.807, 2.05) is 0 Å². The van der Waals surface area contributed by atoms with Crippen LogP contribution in [0.25, 0.3) is 21.5 Å². The first-order valence-corrected chi connectivity index (χ1v) is 7.35. The first kappa shape index (κ1) is 15.3. The summed E-state index contributed by atoms with van der Waals surface area (Å²) in [6, 6.07) is 30.4. The first-order valence-electron chi connectivity index (χ1n) is 7.35. The van der Waals surface area contributed by atoms with E-state index in [-0.39, 0.29) is 29.6 Å². The van der Waals surface area contributed by atoms with Gasteiger partial charge >= 0.3 is 0 Å². The molecule has 0 aliphatic carbocycles. The van der Waals surface area contributed by atoms with Crippen molar-refractivity contribution in [2.45, 2.75) is 6.42 Å². The van der Waals surface area contributed by atoms with Gasteiger partial charge < -0.3 is 0 Å². The molecule has 4 aromatic rings. The average Bonchev–Trinajstić information content (AvgIpc) is 2.56. The van der Waals surface area contributed by atoms with Gasteiger partial charge in [0.2, 0.25) is 0 Å². The Labute approximate surface area is 153 Å². The molecule has 0 unspecified atom stereocenters. The summed E-state index contributed by atoms with van der Waals surface area (Å²) in [5, 5.41) is 5.34. The van der Waals surface area contributed by atoms with E-state index in [0.29, 0.717) is 0 Å². The summed E-state index contributed by atoms with van der Waals surface area (Å²) in [5.74, 6) is 0. The van der Waals surface area contributed by atoms with E-state index in [9.17, 15) is 0 Å². The van der Waals surface area contributed by atoms with E-state index in [1.54, 1.807) is 0 Å². The minimum Gasteiger partial charge on any atom is -0.0616 e. The van der Waals surface area contributed by atoms with Gasteiger partial charge in [0.25, 0.3) is 0 Å².